The molecule has 2 rings (SSSR count). The number of hydrogen-bond donors (Lipinski definition) is 2. The molecular weight excluding hydrogens is 318 g/mol. The number of hydrogen-bond acceptors (Lipinski definition) is 5. The van der Waals surface area contributed by atoms with Crippen LogP contribution in [-0.2, 0) is 4.79 Å². The van der Waals surface area contributed by atoms with Gasteiger partial charge in [0, 0.05) is 17.3 Å². The predicted molar refractivity (Wildman–Crippen MR) is 99.5 cm³/mol. The lowest BCUT2D eigenvalue weighted by Gasteiger charge is -2.15. The summed E-state index contributed by atoms with van der Waals surface area (Å²) in [5.41, 5.74) is 5.27. The minimum Gasteiger partial charge on any atom is -0.497 e. The van der Waals surface area contributed by atoms with E-state index in [1.54, 1.807) is 33.3 Å². The van der Waals surface area contributed by atoms with Crippen molar-refractivity contribution in [3.05, 3.63) is 53.6 Å². The van der Waals surface area contributed by atoms with Crippen molar-refractivity contribution >= 4 is 17.8 Å². The Hall–Kier alpha value is -3.02. The number of methoxy groups -OCH3 is 2. The summed E-state index contributed by atoms with van der Waals surface area (Å²) in [5.74, 6) is 1.07. The number of benzene rings is 2. The van der Waals surface area contributed by atoms with E-state index in [0.29, 0.717) is 11.5 Å². The first-order valence-electron chi connectivity index (χ1n) is 7.92. The average molecular weight is 341 g/mol. The molecule has 0 saturated heterocycles. The third-order valence-corrected chi connectivity index (χ3v) is 3.73. The van der Waals surface area contributed by atoms with Crippen molar-refractivity contribution in [1.29, 1.82) is 0 Å². The van der Waals surface area contributed by atoms with Gasteiger partial charge in [-0.05, 0) is 37.6 Å². The summed E-state index contributed by atoms with van der Waals surface area (Å²) in [6.45, 7) is 3.77. The SMILES string of the molecule is COc1ccc(C=NNC(=O)C(C)Nc2ccccc2C)c(OC)c1. The maximum absolute atomic E-state index is 12.2. The molecule has 0 bridgehead atoms. The highest BCUT2D eigenvalue weighted by atomic mass is 16.5. The van der Waals surface area contributed by atoms with E-state index in [0.717, 1.165) is 16.8 Å². The maximum atomic E-state index is 12.2. The number of ether oxygens (including phenoxy) is 2. The molecule has 6 heteroatoms. The summed E-state index contributed by atoms with van der Waals surface area (Å²) in [5, 5.41) is 7.17. The zero-order valence-corrected chi connectivity index (χ0v) is 14.9. The minimum atomic E-state index is -0.420. The van der Waals surface area contributed by atoms with Gasteiger partial charge in [-0.25, -0.2) is 5.43 Å². The Balaban J connectivity index is 1.97. The van der Waals surface area contributed by atoms with Crippen molar-refractivity contribution in [2.75, 3.05) is 19.5 Å². The average Bonchev–Trinajstić information content (AvgIpc) is 2.63. The Kier molecular flexibility index (Phi) is 6.39. The Morgan fingerprint density at radius 1 is 1.16 bits per heavy atom. The van der Waals surface area contributed by atoms with E-state index in [-0.39, 0.29) is 5.91 Å². The van der Waals surface area contributed by atoms with Crippen LogP contribution in [-0.4, -0.2) is 32.4 Å². The molecule has 1 unspecified atom stereocenters. The summed E-state index contributed by atoms with van der Waals surface area (Å²) in [6, 6.07) is 12.7. The summed E-state index contributed by atoms with van der Waals surface area (Å²) >= 11 is 0. The fourth-order valence-electron chi connectivity index (χ4n) is 2.22. The van der Waals surface area contributed by atoms with Gasteiger partial charge in [-0.15, -0.1) is 0 Å². The lowest BCUT2D eigenvalue weighted by atomic mass is 10.2. The zero-order chi connectivity index (χ0) is 18.2. The van der Waals surface area contributed by atoms with Crippen LogP contribution < -0.4 is 20.2 Å². The fourth-order valence-corrected chi connectivity index (χ4v) is 2.22. The number of anilines is 1. The molecular formula is C19H23N3O3. The highest BCUT2D eigenvalue weighted by molar-refractivity contribution is 5.88. The second-order valence-electron chi connectivity index (χ2n) is 5.52. The van der Waals surface area contributed by atoms with Crippen LogP contribution in [0, 0.1) is 6.92 Å². The Morgan fingerprint density at radius 2 is 1.92 bits per heavy atom. The van der Waals surface area contributed by atoms with Crippen molar-refractivity contribution in [2.45, 2.75) is 19.9 Å². The minimum absolute atomic E-state index is 0.230. The Bertz CT molecular complexity index is 759. The summed E-state index contributed by atoms with van der Waals surface area (Å²) in [7, 11) is 3.16. The molecule has 0 aliphatic rings. The highest BCUT2D eigenvalue weighted by Crippen LogP contribution is 2.23. The number of nitrogens with one attached hydrogen (secondary N) is 2. The molecule has 0 aromatic heterocycles. The molecule has 1 amide bonds. The smallest absolute Gasteiger partial charge is 0.262 e. The number of carbonyl (C=O) groups excluding carboxylic acids is 1. The quantitative estimate of drug-likeness (QED) is 0.600. The van der Waals surface area contributed by atoms with Crippen LogP contribution in [0.4, 0.5) is 5.69 Å². The summed E-state index contributed by atoms with van der Waals surface area (Å²) in [6.07, 6.45) is 1.54. The summed E-state index contributed by atoms with van der Waals surface area (Å²) in [4.78, 5) is 12.2. The molecule has 25 heavy (non-hydrogen) atoms. The van der Waals surface area contributed by atoms with E-state index in [4.69, 9.17) is 9.47 Å². The largest absolute Gasteiger partial charge is 0.497 e. The van der Waals surface area contributed by atoms with Gasteiger partial charge in [-0.1, -0.05) is 18.2 Å². The van der Waals surface area contributed by atoms with Crippen LogP contribution in [0.5, 0.6) is 11.5 Å². The normalized spacial score (nSPS) is 11.8. The molecule has 132 valence electrons. The fraction of sp³-hybridized carbons (Fsp3) is 0.263. The number of carbonyl (C=O) groups is 1. The number of nitrogens with zero attached hydrogens (tertiary/aromatic N) is 1. The van der Waals surface area contributed by atoms with E-state index in [1.165, 1.54) is 6.21 Å². The monoisotopic (exact) mass is 341 g/mol. The second kappa shape index (κ2) is 8.73. The Morgan fingerprint density at radius 3 is 2.60 bits per heavy atom. The lowest BCUT2D eigenvalue weighted by Crippen LogP contribution is -2.35. The second-order valence-corrected chi connectivity index (χ2v) is 5.52. The van der Waals surface area contributed by atoms with Gasteiger partial charge in [0.05, 0.1) is 20.4 Å². The van der Waals surface area contributed by atoms with Gasteiger partial charge in [0.1, 0.15) is 17.5 Å². The van der Waals surface area contributed by atoms with E-state index < -0.39 is 6.04 Å². The van der Waals surface area contributed by atoms with Crippen LogP contribution >= 0.6 is 0 Å². The van der Waals surface area contributed by atoms with E-state index in [1.807, 2.05) is 37.3 Å². The molecule has 0 saturated carbocycles. The molecule has 1 atom stereocenters. The van der Waals surface area contributed by atoms with Crippen molar-refractivity contribution in [3.8, 4) is 11.5 Å². The number of para-hydroxylation sites is 1. The highest BCUT2D eigenvalue weighted by Gasteiger charge is 2.12. The number of amides is 1. The molecule has 0 radical (unpaired) electrons. The summed E-state index contributed by atoms with van der Waals surface area (Å²) < 4.78 is 10.4. The molecule has 6 nitrogen and oxygen atoms in total. The first-order chi connectivity index (χ1) is 12.0. The number of aryl methyl sites for hydroxylation is 1. The van der Waals surface area contributed by atoms with Crippen LogP contribution in [0.1, 0.15) is 18.1 Å². The molecule has 0 fully saturated rings. The van der Waals surface area contributed by atoms with Gasteiger partial charge >= 0.3 is 0 Å². The molecule has 2 aromatic carbocycles. The van der Waals surface area contributed by atoms with Crippen LogP contribution in [0.3, 0.4) is 0 Å². The standard InChI is InChI=1S/C19H23N3O3/c1-13-7-5-6-8-17(13)21-14(2)19(23)22-20-12-15-9-10-16(24-3)11-18(15)25-4/h5-12,14,21H,1-4H3,(H,22,23). The van der Waals surface area contributed by atoms with Crippen molar-refractivity contribution in [2.24, 2.45) is 5.10 Å². The van der Waals surface area contributed by atoms with E-state index in [9.17, 15) is 4.79 Å². The van der Waals surface area contributed by atoms with Crippen molar-refractivity contribution in [1.82, 2.24) is 5.43 Å². The third kappa shape index (κ3) is 4.97. The molecule has 2 N–H and O–H groups in total. The van der Waals surface area contributed by atoms with Crippen LogP contribution in [0.25, 0.3) is 0 Å². The molecule has 0 heterocycles. The van der Waals surface area contributed by atoms with Gasteiger partial charge in [0.25, 0.3) is 5.91 Å². The van der Waals surface area contributed by atoms with Crippen LogP contribution in [0.15, 0.2) is 47.6 Å². The van der Waals surface area contributed by atoms with E-state index in [2.05, 4.69) is 15.8 Å². The number of rotatable bonds is 7. The topological polar surface area (TPSA) is 72.0 Å². The van der Waals surface area contributed by atoms with Gasteiger partial charge in [0.2, 0.25) is 0 Å². The first-order valence-corrected chi connectivity index (χ1v) is 7.92. The van der Waals surface area contributed by atoms with E-state index >= 15 is 0 Å². The van der Waals surface area contributed by atoms with Crippen molar-refractivity contribution in [3.63, 3.8) is 0 Å². The first kappa shape index (κ1) is 18.3. The van der Waals surface area contributed by atoms with Gasteiger partial charge in [0.15, 0.2) is 0 Å². The van der Waals surface area contributed by atoms with Gasteiger partial charge in [-0.3, -0.25) is 4.79 Å². The molecule has 0 aliphatic heterocycles. The maximum Gasteiger partial charge on any atom is 0.262 e. The molecule has 2 aromatic rings. The lowest BCUT2D eigenvalue weighted by molar-refractivity contribution is -0.121. The number of hydrazone groups is 1. The molecule has 0 spiro atoms. The predicted octanol–water partition coefficient (Wildman–Crippen LogP) is 2.96. The third-order valence-electron chi connectivity index (χ3n) is 3.73. The van der Waals surface area contributed by atoms with Crippen LogP contribution in [0.2, 0.25) is 0 Å². The molecule has 0 aliphatic carbocycles. The van der Waals surface area contributed by atoms with Crippen molar-refractivity contribution < 1.29 is 14.3 Å². The zero-order valence-electron chi connectivity index (χ0n) is 14.9. The van der Waals surface area contributed by atoms with Gasteiger partial charge < -0.3 is 14.8 Å². The Labute approximate surface area is 147 Å². The van der Waals surface area contributed by atoms with Gasteiger partial charge in [-0.2, -0.15) is 5.10 Å².